The minimum Gasteiger partial charge on any atom is -0.493 e. The van der Waals surface area contributed by atoms with Crippen LogP contribution < -0.4 is 20.2 Å². The van der Waals surface area contributed by atoms with Crippen molar-refractivity contribution >= 4 is 35.3 Å². The number of nitrogens with one attached hydrogen (secondary N) is 2. The third kappa shape index (κ3) is 6.28. The quantitative estimate of drug-likeness (QED) is 0.414. The molecule has 2 amide bonds. The molecule has 9 heteroatoms. The number of halogens is 1. The van der Waals surface area contributed by atoms with Crippen molar-refractivity contribution in [2.24, 2.45) is 5.10 Å². The van der Waals surface area contributed by atoms with Gasteiger partial charge >= 0.3 is 0 Å². The molecule has 0 saturated carbocycles. The Morgan fingerprint density at radius 1 is 1.13 bits per heavy atom. The third-order valence-electron chi connectivity index (χ3n) is 4.00. The monoisotopic (exact) mass is 438 g/mol. The zero-order valence-electron chi connectivity index (χ0n) is 16.5. The van der Waals surface area contributed by atoms with E-state index in [1.807, 2.05) is 0 Å². The van der Waals surface area contributed by atoms with E-state index in [1.54, 1.807) is 60.8 Å². The van der Waals surface area contributed by atoms with E-state index in [0.717, 1.165) is 0 Å². The second kappa shape index (κ2) is 10.7. The van der Waals surface area contributed by atoms with Gasteiger partial charge in [-0.15, -0.1) is 0 Å². The Hall–Kier alpha value is -3.91. The van der Waals surface area contributed by atoms with Crippen LogP contribution in [-0.4, -0.2) is 36.7 Å². The number of benzene rings is 2. The van der Waals surface area contributed by atoms with Gasteiger partial charge < -0.3 is 14.8 Å². The average molecular weight is 439 g/mol. The Balaban J connectivity index is 1.57. The molecule has 3 rings (SSSR count). The first-order chi connectivity index (χ1) is 15.1. The van der Waals surface area contributed by atoms with Gasteiger partial charge in [0.2, 0.25) is 0 Å². The number of hydrogen-bond acceptors (Lipinski definition) is 6. The molecular formula is C22H19ClN4O4. The average Bonchev–Trinajstić information content (AvgIpc) is 2.80. The maximum atomic E-state index is 12.1. The summed E-state index contributed by atoms with van der Waals surface area (Å²) in [4.78, 5) is 28.0. The molecule has 0 unspecified atom stereocenters. The number of carbonyl (C=O) groups is 2. The lowest BCUT2D eigenvalue weighted by Crippen LogP contribution is -2.20. The van der Waals surface area contributed by atoms with E-state index in [0.29, 0.717) is 33.3 Å². The Kier molecular flexibility index (Phi) is 7.56. The predicted octanol–water partition coefficient (Wildman–Crippen LogP) is 3.53. The number of nitrogens with zero attached hydrogens (tertiary/aromatic N) is 2. The first-order valence-corrected chi connectivity index (χ1v) is 9.53. The van der Waals surface area contributed by atoms with Gasteiger partial charge in [-0.25, -0.2) is 5.43 Å². The Morgan fingerprint density at radius 3 is 2.71 bits per heavy atom. The Bertz CT molecular complexity index is 1090. The number of anilines is 1. The second-order valence-electron chi connectivity index (χ2n) is 6.17. The maximum Gasteiger partial charge on any atom is 0.272 e. The summed E-state index contributed by atoms with van der Waals surface area (Å²) in [6.07, 6.45) is 4.49. The topological polar surface area (TPSA) is 102 Å². The van der Waals surface area contributed by atoms with Crippen molar-refractivity contribution in [2.45, 2.75) is 0 Å². The van der Waals surface area contributed by atoms with Crippen molar-refractivity contribution in [2.75, 3.05) is 19.0 Å². The number of pyridine rings is 1. The molecule has 2 N–H and O–H groups in total. The first kappa shape index (κ1) is 21.8. The van der Waals surface area contributed by atoms with Gasteiger partial charge in [0.05, 0.1) is 29.6 Å². The molecule has 0 spiro atoms. The summed E-state index contributed by atoms with van der Waals surface area (Å²) in [5, 5.41) is 7.04. The molecule has 0 atom stereocenters. The molecule has 0 bridgehead atoms. The highest BCUT2D eigenvalue weighted by Crippen LogP contribution is 2.27. The molecule has 1 aromatic heterocycles. The van der Waals surface area contributed by atoms with E-state index >= 15 is 0 Å². The summed E-state index contributed by atoms with van der Waals surface area (Å²) < 4.78 is 10.9. The van der Waals surface area contributed by atoms with E-state index in [1.165, 1.54) is 19.5 Å². The molecule has 0 saturated heterocycles. The van der Waals surface area contributed by atoms with Crippen molar-refractivity contribution in [3.63, 3.8) is 0 Å². The van der Waals surface area contributed by atoms with Crippen molar-refractivity contribution in [3.05, 3.63) is 83.1 Å². The number of para-hydroxylation sites is 1. The van der Waals surface area contributed by atoms with Crippen LogP contribution in [0, 0.1) is 0 Å². The lowest BCUT2D eigenvalue weighted by atomic mass is 10.2. The number of ether oxygens (including phenoxy) is 2. The van der Waals surface area contributed by atoms with Gasteiger partial charge in [-0.3, -0.25) is 14.6 Å². The van der Waals surface area contributed by atoms with Crippen LogP contribution in [0.3, 0.4) is 0 Å². The number of rotatable bonds is 8. The standard InChI is InChI=1S/C22H19ClN4O4/c1-30-20-11-15(12-25-27-22(29)16-5-4-10-24-13-16)8-9-19(20)31-14-21(28)26-18-7-3-2-6-17(18)23/h2-13H,14H2,1H3,(H,26,28)(H,27,29)/b25-12+. The normalized spacial score (nSPS) is 10.5. The van der Waals surface area contributed by atoms with Gasteiger partial charge in [0, 0.05) is 12.4 Å². The van der Waals surface area contributed by atoms with Crippen molar-refractivity contribution in [3.8, 4) is 11.5 Å². The largest absolute Gasteiger partial charge is 0.493 e. The van der Waals surface area contributed by atoms with Crippen LogP contribution in [0.25, 0.3) is 0 Å². The third-order valence-corrected chi connectivity index (χ3v) is 4.33. The number of aromatic nitrogens is 1. The summed E-state index contributed by atoms with van der Waals surface area (Å²) >= 11 is 6.03. The van der Waals surface area contributed by atoms with Gasteiger partial charge in [-0.2, -0.15) is 5.10 Å². The van der Waals surface area contributed by atoms with Gasteiger partial charge in [-0.1, -0.05) is 23.7 Å². The number of hydrazone groups is 1. The molecule has 3 aromatic rings. The van der Waals surface area contributed by atoms with E-state index in [2.05, 4.69) is 20.8 Å². The SMILES string of the molecule is COc1cc(/C=N/NC(=O)c2cccnc2)ccc1OCC(=O)Nc1ccccc1Cl. The molecule has 0 radical (unpaired) electrons. The van der Waals surface area contributed by atoms with E-state index < -0.39 is 0 Å². The van der Waals surface area contributed by atoms with E-state index in [9.17, 15) is 9.59 Å². The number of methoxy groups -OCH3 is 1. The Labute approximate surface area is 183 Å². The fourth-order valence-electron chi connectivity index (χ4n) is 2.50. The number of hydrogen-bond donors (Lipinski definition) is 2. The van der Waals surface area contributed by atoms with Gasteiger partial charge in [0.15, 0.2) is 18.1 Å². The lowest BCUT2D eigenvalue weighted by Gasteiger charge is -2.12. The van der Waals surface area contributed by atoms with Crippen LogP contribution in [-0.2, 0) is 4.79 Å². The lowest BCUT2D eigenvalue weighted by molar-refractivity contribution is -0.118. The fraction of sp³-hybridized carbons (Fsp3) is 0.0909. The van der Waals surface area contributed by atoms with Crippen LogP contribution in [0.15, 0.2) is 72.1 Å². The van der Waals surface area contributed by atoms with Crippen LogP contribution in [0.4, 0.5) is 5.69 Å². The van der Waals surface area contributed by atoms with Crippen LogP contribution in [0.1, 0.15) is 15.9 Å². The van der Waals surface area contributed by atoms with E-state index in [4.69, 9.17) is 21.1 Å². The van der Waals surface area contributed by atoms with Crippen LogP contribution >= 0.6 is 11.6 Å². The minimum absolute atomic E-state index is 0.226. The van der Waals surface area contributed by atoms with E-state index in [-0.39, 0.29) is 18.4 Å². The van der Waals surface area contributed by atoms with Crippen LogP contribution in [0.2, 0.25) is 5.02 Å². The smallest absolute Gasteiger partial charge is 0.272 e. The molecule has 0 aliphatic heterocycles. The summed E-state index contributed by atoms with van der Waals surface area (Å²) in [6, 6.07) is 15.2. The molecule has 31 heavy (non-hydrogen) atoms. The maximum absolute atomic E-state index is 12.1. The summed E-state index contributed by atoms with van der Waals surface area (Å²) in [6.45, 7) is -0.226. The minimum atomic E-state index is -0.374. The predicted molar refractivity (Wildman–Crippen MR) is 118 cm³/mol. The van der Waals surface area contributed by atoms with Gasteiger partial charge in [0.1, 0.15) is 0 Å². The Morgan fingerprint density at radius 2 is 1.97 bits per heavy atom. The molecule has 8 nitrogen and oxygen atoms in total. The van der Waals surface area contributed by atoms with Crippen molar-refractivity contribution in [1.82, 2.24) is 10.4 Å². The van der Waals surface area contributed by atoms with Crippen molar-refractivity contribution < 1.29 is 19.1 Å². The zero-order valence-corrected chi connectivity index (χ0v) is 17.3. The summed E-state index contributed by atoms with van der Waals surface area (Å²) in [5.74, 6) is 0.0566. The van der Waals surface area contributed by atoms with Crippen molar-refractivity contribution in [1.29, 1.82) is 0 Å². The zero-order chi connectivity index (χ0) is 22.1. The molecule has 158 valence electrons. The molecular weight excluding hydrogens is 420 g/mol. The first-order valence-electron chi connectivity index (χ1n) is 9.15. The summed E-state index contributed by atoms with van der Waals surface area (Å²) in [5.41, 5.74) is 3.99. The molecule has 0 fully saturated rings. The number of amides is 2. The number of carbonyl (C=O) groups excluding carboxylic acids is 2. The summed E-state index contributed by atoms with van der Waals surface area (Å²) in [7, 11) is 1.48. The molecule has 1 heterocycles. The van der Waals surface area contributed by atoms with Crippen LogP contribution in [0.5, 0.6) is 11.5 Å². The second-order valence-corrected chi connectivity index (χ2v) is 6.58. The highest BCUT2D eigenvalue weighted by atomic mass is 35.5. The highest BCUT2D eigenvalue weighted by molar-refractivity contribution is 6.33. The molecule has 0 aliphatic rings. The van der Waals surface area contributed by atoms with Gasteiger partial charge in [0.25, 0.3) is 11.8 Å². The molecule has 2 aromatic carbocycles. The fourth-order valence-corrected chi connectivity index (χ4v) is 2.69. The van der Waals surface area contributed by atoms with Gasteiger partial charge in [-0.05, 0) is 48.0 Å². The molecule has 0 aliphatic carbocycles. The highest BCUT2D eigenvalue weighted by Gasteiger charge is 2.10.